The van der Waals surface area contributed by atoms with Crippen LogP contribution >= 0.6 is 11.6 Å². The Morgan fingerprint density at radius 3 is 2.74 bits per heavy atom. The lowest BCUT2D eigenvalue weighted by Crippen LogP contribution is -2.35. The van der Waals surface area contributed by atoms with E-state index in [0.29, 0.717) is 16.7 Å². The molecule has 0 radical (unpaired) electrons. The van der Waals surface area contributed by atoms with Gasteiger partial charge in [-0.05, 0) is 42.7 Å². The lowest BCUT2D eigenvalue weighted by Gasteiger charge is -2.34. The van der Waals surface area contributed by atoms with Gasteiger partial charge in [0.15, 0.2) is 6.61 Å². The predicted octanol–water partition coefficient (Wildman–Crippen LogP) is 4.04. The lowest BCUT2D eigenvalue weighted by molar-refractivity contribution is -0.123. The normalized spacial score (nSPS) is 29.7. The molecule has 1 N–H and O–H groups in total. The second kappa shape index (κ2) is 5.82. The molecule has 2 atom stereocenters. The molecular weight excluding hydrogens is 312 g/mol. The van der Waals surface area contributed by atoms with Crippen LogP contribution in [0.4, 0.5) is 0 Å². The molecule has 2 aliphatic carbocycles. The van der Waals surface area contributed by atoms with Gasteiger partial charge in [0.25, 0.3) is 5.91 Å². The standard InChI is InChI=1S/C18H23ClN2O2/c1-17(2)12-8-9-18(17,3)15(10-12)20-21-16(22)11-23-14-7-5-4-6-13(14)19/h4-7,12H,8-11H2,1-3H3,(H,21,22). The minimum absolute atomic E-state index is 0.0918. The highest BCUT2D eigenvalue weighted by Gasteiger charge is 2.59. The van der Waals surface area contributed by atoms with E-state index in [1.54, 1.807) is 12.1 Å². The first-order chi connectivity index (χ1) is 10.8. The largest absolute Gasteiger partial charge is 0.482 e. The van der Waals surface area contributed by atoms with Crippen molar-refractivity contribution >= 4 is 23.2 Å². The van der Waals surface area contributed by atoms with Gasteiger partial charge in [-0.25, -0.2) is 5.43 Å². The molecule has 3 rings (SSSR count). The number of nitrogens with one attached hydrogen (secondary N) is 1. The molecule has 2 saturated carbocycles. The van der Waals surface area contributed by atoms with Crippen LogP contribution in [0.1, 0.15) is 40.0 Å². The van der Waals surface area contributed by atoms with Crippen LogP contribution in [0.3, 0.4) is 0 Å². The van der Waals surface area contributed by atoms with Crippen molar-refractivity contribution in [3.8, 4) is 5.75 Å². The molecule has 124 valence electrons. The first kappa shape index (κ1) is 16.3. The van der Waals surface area contributed by atoms with Crippen molar-refractivity contribution in [1.29, 1.82) is 0 Å². The molecule has 5 heteroatoms. The molecular formula is C18H23ClN2O2. The third-order valence-corrected chi connectivity index (χ3v) is 6.34. The number of ether oxygens (including phenoxy) is 1. The van der Waals surface area contributed by atoms with Crippen molar-refractivity contribution in [2.75, 3.05) is 6.61 Å². The maximum Gasteiger partial charge on any atom is 0.277 e. The number of amides is 1. The summed E-state index contributed by atoms with van der Waals surface area (Å²) in [6.45, 7) is 6.81. The number of nitrogens with zero attached hydrogens (tertiary/aromatic N) is 1. The highest BCUT2D eigenvalue weighted by Crippen LogP contribution is 2.63. The fourth-order valence-corrected chi connectivity index (χ4v) is 4.15. The van der Waals surface area contributed by atoms with Crippen molar-refractivity contribution in [1.82, 2.24) is 5.43 Å². The molecule has 2 fully saturated rings. The van der Waals surface area contributed by atoms with Gasteiger partial charge in [-0.1, -0.05) is 44.5 Å². The molecule has 1 aromatic rings. The zero-order valence-corrected chi connectivity index (χ0v) is 14.6. The lowest BCUT2D eigenvalue weighted by atomic mass is 9.70. The van der Waals surface area contributed by atoms with Gasteiger partial charge in [-0.3, -0.25) is 4.79 Å². The summed E-state index contributed by atoms with van der Waals surface area (Å²) in [5.74, 6) is 0.911. The third kappa shape index (κ3) is 2.74. The fourth-order valence-electron chi connectivity index (χ4n) is 3.96. The Bertz CT molecular complexity index is 656. The minimum Gasteiger partial charge on any atom is -0.482 e. The van der Waals surface area contributed by atoms with Crippen molar-refractivity contribution < 1.29 is 9.53 Å². The predicted molar refractivity (Wildman–Crippen MR) is 91.8 cm³/mol. The summed E-state index contributed by atoms with van der Waals surface area (Å²) >= 11 is 6.00. The molecule has 2 bridgehead atoms. The minimum atomic E-state index is -0.262. The fraction of sp³-hybridized carbons (Fsp3) is 0.556. The second-order valence-corrected chi connectivity index (χ2v) is 7.71. The number of para-hydroxylation sites is 1. The highest BCUT2D eigenvalue weighted by atomic mass is 35.5. The highest BCUT2D eigenvalue weighted by molar-refractivity contribution is 6.32. The van der Waals surface area contributed by atoms with Gasteiger partial charge in [-0.2, -0.15) is 5.10 Å². The van der Waals surface area contributed by atoms with Crippen molar-refractivity contribution in [3.63, 3.8) is 0 Å². The molecule has 0 spiro atoms. The second-order valence-electron chi connectivity index (χ2n) is 7.31. The van der Waals surface area contributed by atoms with E-state index in [4.69, 9.17) is 16.3 Å². The van der Waals surface area contributed by atoms with E-state index >= 15 is 0 Å². The third-order valence-electron chi connectivity index (χ3n) is 6.02. The van der Waals surface area contributed by atoms with Gasteiger partial charge in [0, 0.05) is 11.1 Å². The summed E-state index contributed by atoms with van der Waals surface area (Å²) in [7, 11) is 0. The monoisotopic (exact) mass is 334 g/mol. The Balaban J connectivity index is 1.59. The van der Waals surface area contributed by atoms with Crippen molar-refractivity contribution in [2.24, 2.45) is 21.8 Å². The molecule has 1 aromatic carbocycles. The number of hydrogen-bond acceptors (Lipinski definition) is 3. The quantitative estimate of drug-likeness (QED) is 0.845. The molecule has 2 unspecified atom stereocenters. The van der Waals surface area contributed by atoms with Gasteiger partial charge < -0.3 is 4.74 Å². The summed E-state index contributed by atoms with van der Waals surface area (Å²) < 4.78 is 5.43. The first-order valence-electron chi connectivity index (χ1n) is 8.08. The molecule has 23 heavy (non-hydrogen) atoms. The average molecular weight is 335 g/mol. The summed E-state index contributed by atoms with van der Waals surface area (Å²) in [6, 6.07) is 7.10. The maximum atomic E-state index is 12.0. The summed E-state index contributed by atoms with van der Waals surface area (Å²) in [4.78, 5) is 12.0. The number of carbonyl (C=O) groups excluding carboxylic acids is 1. The molecule has 0 heterocycles. The zero-order valence-electron chi connectivity index (χ0n) is 13.9. The Labute approximate surface area is 142 Å². The van der Waals surface area contributed by atoms with E-state index in [9.17, 15) is 4.79 Å². The smallest absolute Gasteiger partial charge is 0.277 e. The molecule has 0 aliphatic heterocycles. The molecule has 4 nitrogen and oxygen atoms in total. The van der Waals surface area contributed by atoms with Crippen LogP contribution in [0.5, 0.6) is 5.75 Å². The topological polar surface area (TPSA) is 50.7 Å². The van der Waals surface area contributed by atoms with E-state index in [0.717, 1.165) is 18.6 Å². The van der Waals surface area contributed by atoms with Crippen LogP contribution in [0, 0.1) is 16.7 Å². The molecule has 0 saturated heterocycles. The van der Waals surface area contributed by atoms with E-state index in [2.05, 4.69) is 31.3 Å². The van der Waals surface area contributed by atoms with Crippen LogP contribution in [0.2, 0.25) is 5.02 Å². The summed E-state index contributed by atoms with van der Waals surface area (Å²) in [6.07, 6.45) is 3.39. The Kier molecular flexibility index (Phi) is 4.13. The zero-order chi connectivity index (χ0) is 16.7. The van der Waals surface area contributed by atoms with Crippen LogP contribution < -0.4 is 10.2 Å². The van der Waals surface area contributed by atoms with Crippen molar-refractivity contribution in [2.45, 2.75) is 40.0 Å². The van der Waals surface area contributed by atoms with Gasteiger partial charge >= 0.3 is 0 Å². The average Bonchev–Trinajstić information content (AvgIpc) is 2.85. The number of hydrazone groups is 1. The van der Waals surface area contributed by atoms with Gasteiger partial charge in [0.05, 0.1) is 5.02 Å². The van der Waals surface area contributed by atoms with E-state index < -0.39 is 0 Å². The van der Waals surface area contributed by atoms with Gasteiger partial charge in [-0.15, -0.1) is 0 Å². The number of halogens is 1. The summed E-state index contributed by atoms with van der Waals surface area (Å²) in [5, 5.41) is 4.91. The SMILES string of the molecule is CC12CCC(CC1=NNC(=O)COc1ccccc1Cl)C2(C)C. The maximum absolute atomic E-state index is 12.0. The first-order valence-corrected chi connectivity index (χ1v) is 8.45. The van der Waals surface area contributed by atoms with Crippen LogP contribution in [-0.4, -0.2) is 18.2 Å². The number of carbonyl (C=O) groups is 1. The number of rotatable bonds is 4. The molecule has 0 aromatic heterocycles. The van der Waals surface area contributed by atoms with E-state index in [1.165, 1.54) is 6.42 Å². The number of hydrogen-bond donors (Lipinski definition) is 1. The molecule has 1 amide bonds. The Morgan fingerprint density at radius 1 is 1.39 bits per heavy atom. The van der Waals surface area contributed by atoms with Crippen molar-refractivity contribution in [3.05, 3.63) is 29.3 Å². The van der Waals surface area contributed by atoms with E-state index in [-0.39, 0.29) is 23.3 Å². The number of benzene rings is 1. The van der Waals surface area contributed by atoms with Crippen LogP contribution in [-0.2, 0) is 4.79 Å². The Hall–Kier alpha value is -1.55. The Morgan fingerprint density at radius 2 is 2.13 bits per heavy atom. The van der Waals surface area contributed by atoms with Crippen LogP contribution in [0.25, 0.3) is 0 Å². The van der Waals surface area contributed by atoms with E-state index in [1.807, 2.05) is 12.1 Å². The number of fused-ring (bicyclic) bond motifs is 2. The van der Waals surface area contributed by atoms with Gasteiger partial charge in [0.2, 0.25) is 0 Å². The molecule has 2 aliphatic rings. The van der Waals surface area contributed by atoms with Crippen LogP contribution in [0.15, 0.2) is 29.4 Å². The summed E-state index contributed by atoms with van der Waals surface area (Å²) in [5.41, 5.74) is 4.11. The van der Waals surface area contributed by atoms with Gasteiger partial charge in [0.1, 0.15) is 5.75 Å².